The standard InChI is InChI=1S/C36H21I4NO10/c37-24-7-15(9-28(41)33(44)45)8-25(38)31(24)48-19-13-26(39)32(27(40)14-19)50-34(46)16-1-4-21-20(10-16)35(47)51-36(21)22-5-2-17(42)11-29(22)49-30-12-18(43)3-6-23(30)36/h1-8,10-14,28,42-43H,9,41H2,(H,44,45)/t28-/m0/s1. The summed E-state index contributed by atoms with van der Waals surface area (Å²) in [4.78, 5) is 38.3. The molecule has 5 aromatic rings. The molecule has 0 unspecified atom stereocenters. The van der Waals surface area contributed by atoms with Gasteiger partial charge in [0.2, 0.25) is 0 Å². The molecule has 7 rings (SSSR count). The Balaban J connectivity index is 1.16. The number of carbonyl (C=O) groups is 3. The Morgan fingerprint density at radius 1 is 0.765 bits per heavy atom. The van der Waals surface area contributed by atoms with Crippen molar-refractivity contribution in [3.8, 4) is 40.2 Å². The molecule has 5 aromatic carbocycles. The second-order valence-corrected chi connectivity index (χ2v) is 16.2. The first-order valence-electron chi connectivity index (χ1n) is 14.8. The first-order valence-corrected chi connectivity index (χ1v) is 19.1. The SMILES string of the molecule is N[C@@H](Cc1cc(I)c(Oc2cc(I)c(OC(=O)c3ccc4c(c3)C(=O)OC43c4ccc(O)cc4Oc4cc(O)ccc43)c(I)c2)c(I)c1)C(=O)O. The van der Waals surface area contributed by atoms with Gasteiger partial charge in [-0.2, -0.15) is 0 Å². The molecule has 15 heteroatoms. The molecule has 51 heavy (non-hydrogen) atoms. The van der Waals surface area contributed by atoms with Crippen LogP contribution in [0.5, 0.6) is 40.2 Å². The number of esters is 2. The van der Waals surface area contributed by atoms with Gasteiger partial charge in [0, 0.05) is 28.8 Å². The van der Waals surface area contributed by atoms with E-state index in [9.17, 15) is 29.7 Å². The number of hydrogen-bond acceptors (Lipinski definition) is 10. The van der Waals surface area contributed by atoms with Crippen LogP contribution in [0.25, 0.3) is 0 Å². The van der Waals surface area contributed by atoms with E-state index in [4.69, 9.17) is 24.7 Å². The number of phenolic OH excluding ortho intramolecular Hbond substituents is 2. The molecule has 11 nitrogen and oxygen atoms in total. The van der Waals surface area contributed by atoms with E-state index in [0.29, 0.717) is 41.1 Å². The molecule has 0 aromatic heterocycles. The summed E-state index contributed by atoms with van der Waals surface area (Å²) in [6.45, 7) is 0. The topological polar surface area (TPSA) is 175 Å². The summed E-state index contributed by atoms with van der Waals surface area (Å²) >= 11 is 8.37. The van der Waals surface area contributed by atoms with Crippen molar-refractivity contribution < 1.29 is 48.7 Å². The molecule has 2 aliphatic rings. The lowest BCUT2D eigenvalue weighted by atomic mass is 9.77. The van der Waals surface area contributed by atoms with Gasteiger partial charge in [-0.1, -0.05) is 6.07 Å². The van der Waals surface area contributed by atoms with Gasteiger partial charge in [-0.05, 0) is 163 Å². The van der Waals surface area contributed by atoms with E-state index >= 15 is 0 Å². The zero-order valence-corrected chi connectivity index (χ0v) is 34.2. The van der Waals surface area contributed by atoms with Crippen LogP contribution >= 0.6 is 90.4 Å². The van der Waals surface area contributed by atoms with Crippen molar-refractivity contribution in [3.05, 3.63) is 127 Å². The number of benzene rings is 5. The van der Waals surface area contributed by atoms with Crippen LogP contribution in [0.1, 0.15) is 43.0 Å². The summed E-state index contributed by atoms with van der Waals surface area (Å²) in [5, 5.41) is 29.5. The van der Waals surface area contributed by atoms with Crippen LogP contribution in [0.2, 0.25) is 0 Å². The summed E-state index contributed by atoms with van der Waals surface area (Å²) in [6, 6.07) is 19.7. The van der Waals surface area contributed by atoms with E-state index in [1.54, 1.807) is 36.4 Å². The highest BCUT2D eigenvalue weighted by Gasteiger charge is 2.53. The average Bonchev–Trinajstić information content (AvgIpc) is 3.35. The van der Waals surface area contributed by atoms with Crippen molar-refractivity contribution >= 4 is 108 Å². The molecule has 1 atom stereocenters. The third-order valence-electron chi connectivity index (χ3n) is 8.23. The second-order valence-electron chi connectivity index (χ2n) is 11.5. The fourth-order valence-electron chi connectivity index (χ4n) is 5.96. The van der Waals surface area contributed by atoms with Crippen LogP contribution in [-0.2, 0) is 21.6 Å². The van der Waals surface area contributed by atoms with E-state index in [0.717, 1.165) is 12.7 Å². The highest BCUT2D eigenvalue weighted by atomic mass is 127. The number of carboxylic acids is 1. The van der Waals surface area contributed by atoms with Crippen LogP contribution in [-0.4, -0.2) is 39.3 Å². The average molecular weight is 1140 g/mol. The Labute approximate surface area is 344 Å². The zero-order chi connectivity index (χ0) is 36.4. The number of carbonyl (C=O) groups excluding carboxylic acids is 2. The number of carboxylic acid groups (broad SMARTS) is 1. The highest BCUT2D eigenvalue weighted by molar-refractivity contribution is 14.1. The van der Waals surface area contributed by atoms with Crippen molar-refractivity contribution in [1.29, 1.82) is 0 Å². The third-order valence-corrected chi connectivity index (χ3v) is 11.4. The van der Waals surface area contributed by atoms with Gasteiger partial charge in [-0.3, -0.25) is 4.79 Å². The minimum Gasteiger partial charge on any atom is -0.508 e. The first-order chi connectivity index (χ1) is 24.2. The van der Waals surface area contributed by atoms with Crippen LogP contribution in [0.4, 0.5) is 0 Å². The van der Waals surface area contributed by atoms with Gasteiger partial charge in [0.25, 0.3) is 0 Å². The van der Waals surface area contributed by atoms with Crippen molar-refractivity contribution in [3.63, 3.8) is 0 Å². The van der Waals surface area contributed by atoms with Gasteiger partial charge >= 0.3 is 17.9 Å². The minimum atomic E-state index is -1.46. The Kier molecular flexibility index (Phi) is 9.77. The number of fused-ring (bicyclic) bond motifs is 6. The fourth-order valence-corrected chi connectivity index (χ4v) is 10.0. The summed E-state index contributed by atoms with van der Waals surface area (Å²) < 4.78 is 26.9. The number of aliphatic carboxylic acids is 1. The molecule has 0 bridgehead atoms. The Bertz CT molecular complexity index is 2230. The molecule has 2 aliphatic heterocycles. The predicted octanol–water partition coefficient (Wildman–Crippen LogP) is 8.05. The predicted molar refractivity (Wildman–Crippen MR) is 216 cm³/mol. The van der Waals surface area contributed by atoms with E-state index in [1.165, 1.54) is 30.3 Å². The smallest absolute Gasteiger partial charge is 0.343 e. The Morgan fingerprint density at radius 3 is 1.88 bits per heavy atom. The lowest BCUT2D eigenvalue weighted by Gasteiger charge is -2.36. The Hall–Kier alpha value is -3.41. The summed E-state index contributed by atoms with van der Waals surface area (Å²) in [5.41, 5.74) is 6.69. The maximum absolute atomic E-state index is 13.5. The van der Waals surface area contributed by atoms with Crippen LogP contribution in [0.15, 0.2) is 78.9 Å². The number of ether oxygens (including phenoxy) is 4. The van der Waals surface area contributed by atoms with E-state index in [-0.39, 0.29) is 40.5 Å². The van der Waals surface area contributed by atoms with Crippen LogP contribution in [0, 0.1) is 14.3 Å². The van der Waals surface area contributed by atoms with Crippen molar-refractivity contribution in [2.45, 2.75) is 18.1 Å². The van der Waals surface area contributed by atoms with Crippen molar-refractivity contribution in [2.75, 3.05) is 0 Å². The monoisotopic (exact) mass is 1130 g/mol. The van der Waals surface area contributed by atoms with Gasteiger partial charge in [-0.25, -0.2) is 9.59 Å². The molecule has 2 heterocycles. The lowest BCUT2D eigenvalue weighted by Crippen LogP contribution is -2.32. The molecule has 0 amide bonds. The molecule has 5 N–H and O–H groups in total. The maximum atomic E-state index is 13.5. The van der Waals surface area contributed by atoms with E-state index < -0.39 is 29.6 Å². The lowest BCUT2D eigenvalue weighted by molar-refractivity contribution is -0.138. The van der Waals surface area contributed by atoms with Gasteiger partial charge in [0.15, 0.2) is 17.1 Å². The summed E-state index contributed by atoms with van der Waals surface area (Å²) in [7, 11) is 0. The largest absolute Gasteiger partial charge is 0.508 e. The number of nitrogens with two attached hydrogens (primary N) is 1. The van der Waals surface area contributed by atoms with E-state index in [2.05, 4.69) is 90.4 Å². The normalized spacial score (nSPS) is 14.1. The number of hydrogen-bond donors (Lipinski definition) is 4. The number of halogens is 4. The van der Waals surface area contributed by atoms with Crippen LogP contribution < -0.4 is 19.9 Å². The molecule has 258 valence electrons. The molecule has 0 fully saturated rings. The first kappa shape index (κ1) is 36.0. The number of phenols is 2. The zero-order valence-electron chi connectivity index (χ0n) is 25.6. The van der Waals surface area contributed by atoms with Crippen LogP contribution in [0.3, 0.4) is 0 Å². The number of aromatic hydroxyl groups is 2. The van der Waals surface area contributed by atoms with Gasteiger partial charge in [-0.15, -0.1) is 0 Å². The minimum absolute atomic E-state index is 0.0576. The molecular weight excluding hydrogens is 1110 g/mol. The number of rotatable bonds is 7. The van der Waals surface area contributed by atoms with Gasteiger partial charge in [0.05, 0.1) is 25.4 Å². The van der Waals surface area contributed by atoms with Crippen molar-refractivity contribution in [1.82, 2.24) is 0 Å². The second kappa shape index (κ2) is 13.9. The molecule has 0 aliphatic carbocycles. The van der Waals surface area contributed by atoms with Gasteiger partial charge in [0.1, 0.15) is 34.8 Å². The summed E-state index contributed by atoms with van der Waals surface area (Å²) in [6.07, 6.45) is 0.178. The Morgan fingerprint density at radius 2 is 1.31 bits per heavy atom. The molecule has 0 saturated carbocycles. The fraction of sp³-hybridized carbons (Fsp3) is 0.0833. The third kappa shape index (κ3) is 6.59. The molecule has 0 saturated heterocycles. The summed E-state index contributed by atoms with van der Waals surface area (Å²) in [5.74, 6) is -0.672. The maximum Gasteiger partial charge on any atom is 0.343 e. The molecule has 1 spiro atoms. The van der Waals surface area contributed by atoms with Crippen molar-refractivity contribution in [2.24, 2.45) is 5.73 Å². The highest BCUT2D eigenvalue weighted by Crippen LogP contribution is 2.57. The molecular formula is C36H21I4NO10. The van der Waals surface area contributed by atoms with Gasteiger partial charge < -0.3 is 40.0 Å². The van der Waals surface area contributed by atoms with E-state index in [1.807, 2.05) is 12.1 Å². The molecule has 0 radical (unpaired) electrons. The quantitative estimate of drug-likeness (QED) is 0.0706.